The molecule has 0 amide bonds. The number of benzene rings is 1. The molecule has 0 heterocycles. The Kier molecular flexibility index (Phi) is 6.00. The van der Waals surface area contributed by atoms with Gasteiger partial charge in [-0.2, -0.15) is 0 Å². The smallest absolute Gasteiger partial charge is 0.339 e. The monoisotopic (exact) mass is 254 g/mol. The van der Waals surface area contributed by atoms with Crippen LogP contribution < -0.4 is 9.47 Å². The number of hydrogen-bond acceptors (Lipinski definition) is 4. The van der Waals surface area contributed by atoms with Crippen LogP contribution in [0.2, 0.25) is 0 Å². The van der Waals surface area contributed by atoms with Crippen molar-refractivity contribution in [2.75, 3.05) is 26.9 Å². The fourth-order valence-corrected chi connectivity index (χ4v) is 1.34. The Labute approximate surface area is 106 Å². The number of rotatable bonds is 8. The third-order valence-corrected chi connectivity index (χ3v) is 2.20. The van der Waals surface area contributed by atoms with Crippen LogP contribution >= 0.6 is 0 Å². The Hall–Kier alpha value is -1.75. The van der Waals surface area contributed by atoms with Gasteiger partial charge < -0.3 is 19.3 Å². The zero-order valence-electron chi connectivity index (χ0n) is 10.6. The summed E-state index contributed by atoms with van der Waals surface area (Å²) in [5, 5.41) is 9.04. The van der Waals surface area contributed by atoms with E-state index in [0.29, 0.717) is 31.3 Å². The molecular weight excluding hydrogens is 236 g/mol. The lowest BCUT2D eigenvalue weighted by Gasteiger charge is -2.11. The third kappa shape index (κ3) is 4.25. The van der Waals surface area contributed by atoms with E-state index in [1.165, 1.54) is 6.07 Å². The number of carboxylic acid groups (broad SMARTS) is 1. The van der Waals surface area contributed by atoms with Gasteiger partial charge >= 0.3 is 5.97 Å². The minimum Gasteiger partial charge on any atom is -0.493 e. The van der Waals surface area contributed by atoms with Gasteiger partial charge in [-0.25, -0.2) is 4.79 Å². The Morgan fingerprint density at radius 1 is 1.22 bits per heavy atom. The first kappa shape index (κ1) is 14.3. The highest BCUT2D eigenvalue weighted by Gasteiger charge is 2.12. The van der Waals surface area contributed by atoms with Crippen LogP contribution in [0.4, 0.5) is 0 Å². The van der Waals surface area contributed by atoms with Gasteiger partial charge in [-0.3, -0.25) is 0 Å². The van der Waals surface area contributed by atoms with Crippen LogP contribution in [0.15, 0.2) is 18.2 Å². The largest absolute Gasteiger partial charge is 0.493 e. The number of carboxylic acids is 1. The van der Waals surface area contributed by atoms with Crippen molar-refractivity contribution in [3.05, 3.63) is 23.8 Å². The molecule has 0 aliphatic carbocycles. The molecule has 100 valence electrons. The van der Waals surface area contributed by atoms with Crippen LogP contribution in [0.1, 0.15) is 23.7 Å². The van der Waals surface area contributed by atoms with E-state index in [1.54, 1.807) is 19.2 Å². The minimum absolute atomic E-state index is 0.120. The summed E-state index contributed by atoms with van der Waals surface area (Å²) < 4.78 is 15.7. The number of ether oxygens (including phenoxy) is 3. The van der Waals surface area contributed by atoms with Crippen molar-refractivity contribution in [3.63, 3.8) is 0 Å². The van der Waals surface area contributed by atoms with E-state index in [-0.39, 0.29) is 5.56 Å². The second-order valence-electron chi connectivity index (χ2n) is 3.65. The van der Waals surface area contributed by atoms with Crippen LogP contribution in [0.3, 0.4) is 0 Å². The topological polar surface area (TPSA) is 65.0 Å². The zero-order valence-corrected chi connectivity index (χ0v) is 10.6. The molecule has 0 unspecified atom stereocenters. The van der Waals surface area contributed by atoms with Crippen LogP contribution in [0, 0.1) is 0 Å². The fourth-order valence-electron chi connectivity index (χ4n) is 1.34. The lowest BCUT2D eigenvalue weighted by molar-refractivity contribution is 0.0689. The van der Waals surface area contributed by atoms with Gasteiger partial charge in [0.25, 0.3) is 0 Å². The maximum atomic E-state index is 11.0. The van der Waals surface area contributed by atoms with Crippen molar-refractivity contribution in [1.82, 2.24) is 0 Å². The van der Waals surface area contributed by atoms with Crippen molar-refractivity contribution in [3.8, 4) is 11.5 Å². The highest BCUT2D eigenvalue weighted by atomic mass is 16.5. The van der Waals surface area contributed by atoms with Gasteiger partial charge in [0.15, 0.2) is 0 Å². The van der Waals surface area contributed by atoms with Gasteiger partial charge in [-0.05, 0) is 18.6 Å². The first-order valence-corrected chi connectivity index (χ1v) is 5.81. The molecule has 0 radical (unpaired) electrons. The fraction of sp³-hybridized carbons (Fsp3) is 0.462. The van der Waals surface area contributed by atoms with E-state index in [9.17, 15) is 4.79 Å². The summed E-state index contributed by atoms with van der Waals surface area (Å²) in [5.41, 5.74) is 0.120. The number of hydrogen-bond donors (Lipinski definition) is 1. The highest BCUT2D eigenvalue weighted by Crippen LogP contribution is 2.25. The predicted molar refractivity (Wildman–Crippen MR) is 66.6 cm³/mol. The van der Waals surface area contributed by atoms with Gasteiger partial charge in [-0.1, -0.05) is 6.92 Å². The molecule has 0 atom stereocenters. The summed E-state index contributed by atoms with van der Waals surface area (Å²) >= 11 is 0. The molecule has 1 aromatic rings. The molecule has 1 N–H and O–H groups in total. The van der Waals surface area contributed by atoms with Crippen LogP contribution in [0.5, 0.6) is 11.5 Å². The van der Waals surface area contributed by atoms with E-state index in [4.69, 9.17) is 19.3 Å². The molecule has 0 spiro atoms. The van der Waals surface area contributed by atoms with Gasteiger partial charge in [0.2, 0.25) is 0 Å². The number of aromatic carboxylic acids is 1. The maximum absolute atomic E-state index is 11.0. The van der Waals surface area contributed by atoms with E-state index >= 15 is 0 Å². The maximum Gasteiger partial charge on any atom is 0.339 e. The molecule has 0 bridgehead atoms. The van der Waals surface area contributed by atoms with Gasteiger partial charge in [0.05, 0.1) is 13.2 Å². The van der Waals surface area contributed by atoms with Gasteiger partial charge in [-0.15, -0.1) is 0 Å². The summed E-state index contributed by atoms with van der Waals surface area (Å²) in [5.74, 6) is -0.119. The quantitative estimate of drug-likeness (QED) is 0.720. The first-order valence-electron chi connectivity index (χ1n) is 5.81. The molecule has 0 aliphatic rings. The van der Waals surface area contributed by atoms with Gasteiger partial charge in [0, 0.05) is 13.2 Å². The van der Waals surface area contributed by atoms with Crippen molar-refractivity contribution in [1.29, 1.82) is 0 Å². The van der Waals surface area contributed by atoms with Crippen molar-refractivity contribution in [2.45, 2.75) is 13.3 Å². The van der Waals surface area contributed by atoms with E-state index in [2.05, 4.69) is 0 Å². The molecule has 0 saturated heterocycles. The highest BCUT2D eigenvalue weighted by molar-refractivity contribution is 5.91. The summed E-state index contributed by atoms with van der Waals surface area (Å²) in [4.78, 5) is 11.0. The molecule has 5 heteroatoms. The third-order valence-electron chi connectivity index (χ3n) is 2.20. The summed E-state index contributed by atoms with van der Waals surface area (Å²) in [7, 11) is 1.56. The van der Waals surface area contributed by atoms with Crippen LogP contribution in [-0.4, -0.2) is 38.0 Å². The summed E-state index contributed by atoms with van der Waals surface area (Å²) in [6.07, 6.45) is 0.889. The van der Waals surface area contributed by atoms with Gasteiger partial charge in [0.1, 0.15) is 23.7 Å². The molecule has 0 saturated carbocycles. The molecule has 1 aromatic carbocycles. The van der Waals surface area contributed by atoms with E-state index in [1.807, 2.05) is 6.92 Å². The normalized spacial score (nSPS) is 10.1. The molecule has 0 fully saturated rings. The summed E-state index contributed by atoms with van der Waals surface area (Å²) in [6.45, 7) is 3.29. The molecule has 1 rings (SSSR count). The molecular formula is C13H18O5. The Balaban J connectivity index is 2.82. The second kappa shape index (κ2) is 7.55. The minimum atomic E-state index is -1.02. The standard InChI is InChI=1S/C13H18O5/c1-3-6-17-10-4-5-11(13(14)15)12(9-10)18-8-7-16-2/h4-5,9H,3,6-8H2,1-2H3,(H,14,15). The Bertz CT molecular complexity index is 389. The average Bonchev–Trinajstić information content (AvgIpc) is 2.36. The number of methoxy groups -OCH3 is 1. The van der Waals surface area contributed by atoms with Crippen LogP contribution in [-0.2, 0) is 4.74 Å². The van der Waals surface area contributed by atoms with Crippen molar-refractivity contribution in [2.24, 2.45) is 0 Å². The zero-order chi connectivity index (χ0) is 13.4. The predicted octanol–water partition coefficient (Wildman–Crippen LogP) is 2.20. The lowest BCUT2D eigenvalue weighted by atomic mass is 10.2. The molecule has 18 heavy (non-hydrogen) atoms. The SMILES string of the molecule is CCCOc1ccc(C(=O)O)c(OCCOC)c1. The lowest BCUT2D eigenvalue weighted by Crippen LogP contribution is -2.08. The first-order chi connectivity index (χ1) is 8.69. The molecule has 0 aliphatic heterocycles. The number of carbonyl (C=O) groups is 1. The van der Waals surface area contributed by atoms with E-state index < -0.39 is 5.97 Å². The van der Waals surface area contributed by atoms with E-state index in [0.717, 1.165) is 6.42 Å². The molecule has 5 nitrogen and oxygen atoms in total. The Morgan fingerprint density at radius 2 is 2.00 bits per heavy atom. The summed E-state index contributed by atoms with van der Waals surface area (Å²) in [6, 6.07) is 4.70. The second-order valence-corrected chi connectivity index (χ2v) is 3.65. The van der Waals surface area contributed by atoms with Crippen molar-refractivity contribution < 1.29 is 24.1 Å². The average molecular weight is 254 g/mol. The molecule has 0 aromatic heterocycles. The van der Waals surface area contributed by atoms with Crippen LogP contribution in [0.25, 0.3) is 0 Å². The Morgan fingerprint density at radius 3 is 2.61 bits per heavy atom. The van der Waals surface area contributed by atoms with Crippen molar-refractivity contribution >= 4 is 5.97 Å².